The molecular weight excluding hydrogens is 198 g/mol. The molecule has 2 rings (SSSR count). The molecule has 7 heteroatoms. The third-order valence-corrected chi connectivity index (χ3v) is 1.71. The van der Waals surface area contributed by atoms with E-state index in [2.05, 4.69) is 25.6 Å². The molecule has 15 heavy (non-hydrogen) atoms. The predicted molar refractivity (Wildman–Crippen MR) is 49.5 cm³/mol. The summed E-state index contributed by atoms with van der Waals surface area (Å²) >= 11 is 0. The minimum absolute atomic E-state index is 0.156. The minimum atomic E-state index is -0.698. The van der Waals surface area contributed by atoms with E-state index in [1.165, 1.54) is 6.33 Å². The Morgan fingerprint density at radius 3 is 2.60 bits per heavy atom. The van der Waals surface area contributed by atoms with Crippen LogP contribution in [0.3, 0.4) is 0 Å². The van der Waals surface area contributed by atoms with Crippen LogP contribution in [-0.4, -0.2) is 27.7 Å². The van der Waals surface area contributed by atoms with Crippen LogP contribution in [0.15, 0.2) is 23.6 Å². The predicted octanol–water partition coefficient (Wildman–Crippen LogP) is -1.42. The van der Waals surface area contributed by atoms with Gasteiger partial charge in [0.25, 0.3) is 0 Å². The molecule has 2 N–H and O–H groups in total. The van der Waals surface area contributed by atoms with Gasteiger partial charge in [0.1, 0.15) is 6.33 Å². The number of rotatable bonds is 2. The fourth-order valence-corrected chi connectivity index (χ4v) is 1.01. The van der Waals surface area contributed by atoms with Crippen molar-refractivity contribution in [2.45, 2.75) is 6.54 Å². The lowest BCUT2D eigenvalue weighted by Gasteiger charge is -1.96. The van der Waals surface area contributed by atoms with Gasteiger partial charge >= 0.3 is 11.8 Å². The summed E-state index contributed by atoms with van der Waals surface area (Å²) < 4.78 is 0. The first kappa shape index (κ1) is 9.25. The highest BCUT2D eigenvalue weighted by atomic mass is 16.2. The van der Waals surface area contributed by atoms with Gasteiger partial charge in [0.15, 0.2) is 0 Å². The van der Waals surface area contributed by atoms with Crippen molar-refractivity contribution in [1.29, 1.82) is 0 Å². The Labute approximate surface area is 84.6 Å². The molecule has 0 atom stereocenters. The maximum absolute atomic E-state index is 10.8. The Bertz CT molecular complexity index is 410. The Morgan fingerprint density at radius 2 is 2.00 bits per heavy atom. The van der Waals surface area contributed by atoms with Gasteiger partial charge in [0, 0.05) is 6.20 Å². The fourth-order valence-electron chi connectivity index (χ4n) is 1.01. The van der Waals surface area contributed by atoms with Gasteiger partial charge in [-0.3, -0.25) is 20.2 Å². The maximum atomic E-state index is 10.8. The van der Waals surface area contributed by atoms with Crippen LogP contribution >= 0.6 is 0 Å². The lowest BCUT2D eigenvalue weighted by atomic mass is 10.4. The molecule has 2 heterocycles. The fraction of sp³-hybridized carbons (Fsp3) is 0.125. The topological polar surface area (TPSA) is 96.3 Å². The number of aliphatic imine (C=N–C) groups is 1. The monoisotopic (exact) mass is 205 g/mol. The van der Waals surface area contributed by atoms with Crippen molar-refractivity contribution in [3.8, 4) is 0 Å². The number of nitrogens with zero attached hydrogens (tertiary/aromatic N) is 3. The Morgan fingerprint density at radius 1 is 1.27 bits per heavy atom. The van der Waals surface area contributed by atoms with Crippen LogP contribution in [-0.2, 0) is 16.1 Å². The van der Waals surface area contributed by atoms with E-state index in [0.29, 0.717) is 5.69 Å². The van der Waals surface area contributed by atoms with Crippen molar-refractivity contribution in [1.82, 2.24) is 20.6 Å². The molecule has 0 unspecified atom stereocenters. The molecule has 1 aliphatic heterocycles. The van der Waals surface area contributed by atoms with E-state index in [-0.39, 0.29) is 12.5 Å². The van der Waals surface area contributed by atoms with E-state index < -0.39 is 11.8 Å². The quantitative estimate of drug-likeness (QED) is 0.579. The van der Waals surface area contributed by atoms with E-state index in [0.717, 1.165) is 0 Å². The first-order valence-corrected chi connectivity index (χ1v) is 4.17. The lowest BCUT2D eigenvalue weighted by Crippen LogP contribution is -2.25. The number of hydrogen-bond acceptors (Lipinski definition) is 5. The highest BCUT2D eigenvalue weighted by Gasteiger charge is 2.24. The van der Waals surface area contributed by atoms with Crippen LogP contribution in [0, 0.1) is 0 Å². The molecule has 0 aliphatic carbocycles. The zero-order valence-electron chi connectivity index (χ0n) is 7.60. The number of guanidine groups is 1. The molecule has 1 aromatic rings. The average Bonchev–Trinajstić information content (AvgIpc) is 2.57. The minimum Gasteiger partial charge on any atom is -0.288 e. The Balaban J connectivity index is 2.02. The van der Waals surface area contributed by atoms with Crippen LogP contribution in [0.5, 0.6) is 0 Å². The summed E-state index contributed by atoms with van der Waals surface area (Å²) in [4.78, 5) is 33.2. The summed E-state index contributed by atoms with van der Waals surface area (Å²) in [6.45, 7) is 0.276. The molecule has 0 aromatic carbocycles. The largest absolute Gasteiger partial charge is 0.316 e. The van der Waals surface area contributed by atoms with Gasteiger partial charge in [-0.1, -0.05) is 0 Å². The normalized spacial score (nSPS) is 14.8. The summed E-state index contributed by atoms with van der Waals surface area (Å²) in [7, 11) is 0. The second kappa shape index (κ2) is 3.82. The van der Waals surface area contributed by atoms with Crippen LogP contribution in [0.25, 0.3) is 0 Å². The second-order valence-corrected chi connectivity index (χ2v) is 2.77. The number of aromatic nitrogens is 2. The van der Waals surface area contributed by atoms with Crippen molar-refractivity contribution in [2.24, 2.45) is 4.99 Å². The molecule has 1 aliphatic rings. The molecular formula is C8H7N5O2. The van der Waals surface area contributed by atoms with Gasteiger partial charge in [-0.2, -0.15) is 0 Å². The van der Waals surface area contributed by atoms with Crippen molar-refractivity contribution in [3.63, 3.8) is 0 Å². The molecule has 0 saturated carbocycles. The lowest BCUT2D eigenvalue weighted by molar-refractivity contribution is -0.135. The number of nitrogens with one attached hydrogen (secondary N) is 2. The second-order valence-electron chi connectivity index (χ2n) is 2.77. The van der Waals surface area contributed by atoms with Crippen LogP contribution in [0.2, 0.25) is 0 Å². The van der Waals surface area contributed by atoms with Crippen LogP contribution in [0.1, 0.15) is 5.69 Å². The Kier molecular flexibility index (Phi) is 2.36. The van der Waals surface area contributed by atoms with Crippen molar-refractivity contribution >= 4 is 17.8 Å². The third-order valence-electron chi connectivity index (χ3n) is 1.71. The molecule has 0 radical (unpaired) electrons. The van der Waals surface area contributed by atoms with Gasteiger partial charge in [0.2, 0.25) is 5.96 Å². The van der Waals surface area contributed by atoms with Gasteiger partial charge in [0.05, 0.1) is 12.2 Å². The highest BCUT2D eigenvalue weighted by molar-refractivity contribution is 6.45. The summed E-state index contributed by atoms with van der Waals surface area (Å²) in [5, 5.41) is 4.56. The van der Waals surface area contributed by atoms with Gasteiger partial charge < -0.3 is 0 Å². The summed E-state index contributed by atoms with van der Waals surface area (Å²) in [5.74, 6) is -1.24. The molecule has 1 aromatic heterocycles. The Hall–Kier alpha value is -2.31. The molecule has 76 valence electrons. The zero-order valence-corrected chi connectivity index (χ0v) is 7.60. The summed E-state index contributed by atoms with van der Waals surface area (Å²) in [6.07, 6.45) is 3.00. The first-order chi connectivity index (χ1) is 7.25. The SMILES string of the molecule is O=C1NC(=NCc2ccncn2)NC1=O. The van der Waals surface area contributed by atoms with Gasteiger partial charge in [-0.25, -0.2) is 15.0 Å². The maximum Gasteiger partial charge on any atom is 0.316 e. The third kappa shape index (κ3) is 2.13. The number of hydrogen-bond donors (Lipinski definition) is 2. The molecule has 0 spiro atoms. The van der Waals surface area contributed by atoms with Crippen molar-refractivity contribution in [2.75, 3.05) is 0 Å². The van der Waals surface area contributed by atoms with E-state index in [4.69, 9.17) is 0 Å². The molecule has 7 nitrogen and oxygen atoms in total. The molecule has 2 amide bonds. The van der Waals surface area contributed by atoms with E-state index in [9.17, 15) is 9.59 Å². The standard InChI is InChI=1S/C8H7N5O2/c14-6-7(15)13-8(12-6)10-3-5-1-2-9-4-11-5/h1-2,4H,3H2,(H2,10,12,13,14,15). The number of amides is 2. The highest BCUT2D eigenvalue weighted by Crippen LogP contribution is 1.94. The van der Waals surface area contributed by atoms with E-state index in [1.807, 2.05) is 0 Å². The van der Waals surface area contributed by atoms with E-state index in [1.54, 1.807) is 12.3 Å². The summed E-state index contributed by atoms with van der Waals surface area (Å²) in [5.41, 5.74) is 0.702. The number of carbonyl (C=O) groups is 2. The number of carbonyl (C=O) groups excluding carboxylic acids is 2. The molecule has 1 saturated heterocycles. The van der Waals surface area contributed by atoms with Crippen molar-refractivity contribution in [3.05, 3.63) is 24.3 Å². The van der Waals surface area contributed by atoms with Crippen LogP contribution in [0.4, 0.5) is 0 Å². The smallest absolute Gasteiger partial charge is 0.288 e. The first-order valence-electron chi connectivity index (χ1n) is 4.17. The average molecular weight is 205 g/mol. The van der Waals surface area contributed by atoms with Gasteiger partial charge in [-0.05, 0) is 6.07 Å². The molecule has 1 fully saturated rings. The molecule has 0 bridgehead atoms. The van der Waals surface area contributed by atoms with Crippen molar-refractivity contribution < 1.29 is 9.59 Å². The zero-order chi connectivity index (χ0) is 10.7. The van der Waals surface area contributed by atoms with E-state index >= 15 is 0 Å². The summed E-state index contributed by atoms with van der Waals surface area (Å²) in [6, 6.07) is 1.70. The van der Waals surface area contributed by atoms with Crippen LogP contribution < -0.4 is 10.6 Å². The van der Waals surface area contributed by atoms with Gasteiger partial charge in [-0.15, -0.1) is 0 Å².